The summed E-state index contributed by atoms with van der Waals surface area (Å²) in [7, 11) is 0. The Morgan fingerprint density at radius 1 is 0.695 bits per heavy atom. The SMILES string of the molecule is CC(=O)O[C@@H]1[C@@H](O[C@@H]2CC[C@]34C[C@]35CC[C@]3(C)[C@H]([C@]6(C)CC[C@@H](C(C)(C)O)O6)[C@H](O)C[C@@]3(C)[C@@H]5C[C@H](O[C@@H]3OC[C@H](O)[C@H](O)[C@@H]3O)[C@H]4C2(C)C)OC[C@@H](O)[C@H]1OC(C)=O. The summed E-state index contributed by atoms with van der Waals surface area (Å²) in [4.78, 5) is 24.4. The van der Waals surface area contributed by atoms with Crippen molar-refractivity contribution in [3.05, 3.63) is 0 Å². The Bertz CT molecular complexity index is 1630. The third-order valence-corrected chi connectivity index (χ3v) is 17.8. The highest BCUT2D eigenvalue weighted by atomic mass is 16.7. The van der Waals surface area contributed by atoms with Gasteiger partial charge in [-0.05, 0) is 117 Å². The summed E-state index contributed by atoms with van der Waals surface area (Å²) in [5, 5.41) is 66.3. The number of hydrogen-bond acceptors (Lipinski definition) is 15. The lowest BCUT2D eigenvalue weighted by atomic mass is 9.41. The Balaban J connectivity index is 1.13. The molecule has 20 atom stereocenters. The van der Waals surface area contributed by atoms with Crippen molar-refractivity contribution < 1.29 is 73.4 Å². The van der Waals surface area contributed by atoms with E-state index in [1.54, 1.807) is 13.8 Å². The van der Waals surface area contributed by atoms with Gasteiger partial charge in [-0.25, -0.2) is 0 Å². The summed E-state index contributed by atoms with van der Waals surface area (Å²) in [6, 6.07) is 0. The monoisotopic (exact) mass is 838 g/mol. The molecule has 6 N–H and O–H groups in total. The minimum Gasteiger partial charge on any atom is -0.455 e. The zero-order valence-electron chi connectivity index (χ0n) is 36.3. The molecule has 0 aromatic carbocycles. The van der Waals surface area contributed by atoms with Crippen molar-refractivity contribution in [3.63, 3.8) is 0 Å². The average Bonchev–Trinajstić information content (AvgIpc) is 3.49. The number of rotatable bonds is 8. The fourth-order valence-corrected chi connectivity index (χ4v) is 15.2. The maximum atomic E-state index is 12.3. The fraction of sp³-hybridized carbons (Fsp3) is 0.955. The first-order valence-corrected chi connectivity index (χ1v) is 22.0. The molecule has 8 aliphatic rings. The van der Waals surface area contributed by atoms with Gasteiger partial charge in [0, 0.05) is 19.8 Å². The van der Waals surface area contributed by atoms with E-state index in [4.69, 9.17) is 33.2 Å². The van der Waals surface area contributed by atoms with Crippen molar-refractivity contribution in [1.82, 2.24) is 0 Å². The van der Waals surface area contributed by atoms with Crippen molar-refractivity contribution >= 4 is 11.9 Å². The first kappa shape index (κ1) is 44.1. The van der Waals surface area contributed by atoms with Crippen LogP contribution in [0.3, 0.4) is 0 Å². The molecule has 15 heteroatoms. The molecule has 0 unspecified atom stereocenters. The Hall–Kier alpha value is -1.50. The third-order valence-electron chi connectivity index (χ3n) is 17.8. The lowest BCUT2D eigenvalue weighted by Crippen LogP contribution is -2.65. The van der Waals surface area contributed by atoms with Crippen LogP contribution in [0.5, 0.6) is 0 Å². The predicted octanol–water partition coefficient (Wildman–Crippen LogP) is 2.50. The minimum atomic E-state index is -1.49. The Morgan fingerprint density at radius 2 is 1.34 bits per heavy atom. The second kappa shape index (κ2) is 14.5. The molecule has 2 spiro atoms. The molecular formula is C44H70O15. The minimum absolute atomic E-state index is 0.0659. The van der Waals surface area contributed by atoms with E-state index in [0.717, 1.165) is 32.1 Å². The molecule has 0 aromatic rings. The Morgan fingerprint density at radius 3 is 1.98 bits per heavy atom. The molecule has 0 radical (unpaired) electrons. The molecule has 8 rings (SSSR count). The van der Waals surface area contributed by atoms with Gasteiger partial charge in [0.2, 0.25) is 0 Å². The number of aliphatic hydroxyl groups excluding tert-OH is 5. The normalized spacial score (nSPS) is 54.0. The van der Waals surface area contributed by atoms with Gasteiger partial charge in [0.15, 0.2) is 24.8 Å². The summed E-state index contributed by atoms with van der Waals surface area (Å²) >= 11 is 0. The molecule has 336 valence electrons. The lowest BCUT2D eigenvalue weighted by Gasteiger charge is -2.65. The number of ether oxygens (including phenoxy) is 7. The maximum absolute atomic E-state index is 12.3. The topological polar surface area (TPSA) is 220 Å². The smallest absolute Gasteiger partial charge is 0.303 e. The first-order chi connectivity index (χ1) is 27.3. The summed E-state index contributed by atoms with van der Waals surface area (Å²) in [5.74, 6) is -1.47. The molecular weight excluding hydrogens is 768 g/mol. The Kier molecular flexibility index (Phi) is 10.9. The third kappa shape index (κ3) is 6.60. The van der Waals surface area contributed by atoms with Gasteiger partial charge < -0.3 is 63.8 Å². The van der Waals surface area contributed by atoms with Crippen molar-refractivity contribution in [2.75, 3.05) is 13.2 Å². The molecule has 59 heavy (non-hydrogen) atoms. The van der Waals surface area contributed by atoms with Gasteiger partial charge in [0.1, 0.15) is 24.4 Å². The van der Waals surface area contributed by atoms with Crippen LogP contribution in [-0.2, 0) is 42.7 Å². The number of esters is 2. The zero-order chi connectivity index (χ0) is 43.0. The van der Waals surface area contributed by atoms with Crippen LogP contribution >= 0.6 is 0 Å². The first-order valence-electron chi connectivity index (χ1n) is 22.0. The molecule has 0 amide bonds. The van der Waals surface area contributed by atoms with Crippen LogP contribution in [-0.4, -0.2) is 141 Å². The van der Waals surface area contributed by atoms with Gasteiger partial charge in [0.25, 0.3) is 0 Å². The molecule has 8 fully saturated rings. The van der Waals surface area contributed by atoms with Crippen LogP contribution in [0.2, 0.25) is 0 Å². The molecule has 0 aromatic heterocycles. The second-order valence-electron chi connectivity index (χ2n) is 21.8. The van der Waals surface area contributed by atoms with Gasteiger partial charge in [-0.1, -0.05) is 27.7 Å². The van der Waals surface area contributed by atoms with Crippen molar-refractivity contribution in [1.29, 1.82) is 0 Å². The predicted molar refractivity (Wildman–Crippen MR) is 207 cm³/mol. The molecule has 3 aliphatic heterocycles. The molecule has 0 bridgehead atoms. The number of aliphatic hydroxyl groups is 6. The zero-order valence-corrected chi connectivity index (χ0v) is 36.3. The van der Waals surface area contributed by atoms with Gasteiger partial charge in [0.05, 0.1) is 48.8 Å². The standard InChI is InChI=1S/C44H70O15/c1-21(45)55-32-25(49)19-54-37(33(32)56-22(2)46)58-28-11-13-44-20-43(44)15-14-40(7)34(42(9)12-10-29(59-42)39(5,6)52)23(47)17-41(40,8)27(43)16-26(35(44)38(28,3)4)57-36-31(51)30(50)24(48)18-53-36/h23-37,47-52H,10-20H2,1-9H3/t23-,24+,25-,26+,27+,28-,29+,30+,31+,32-,33+,34-,35+,36+,37-,40-,41+,42+,43+,44-/m1/s1. The molecule has 3 saturated heterocycles. The summed E-state index contributed by atoms with van der Waals surface area (Å²) in [5.41, 5.74) is -3.16. The number of carbonyl (C=O) groups excluding carboxylic acids is 2. The van der Waals surface area contributed by atoms with E-state index >= 15 is 0 Å². The average molecular weight is 839 g/mol. The highest BCUT2D eigenvalue weighted by molar-refractivity contribution is 5.67. The van der Waals surface area contributed by atoms with E-state index in [1.165, 1.54) is 13.8 Å². The van der Waals surface area contributed by atoms with Crippen LogP contribution in [0.15, 0.2) is 0 Å². The lowest BCUT2D eigenvalue weighted by molar-refractivity contribution is -0.327. The molecule has 15 nitrogen and oxygen atoms in total. The van der Waals surface area contributed by atoms with Crippen molar-refractivity contribution in [2.45, 2.75) is 205 Å². The quantitative estimate of drug-likeness (QED) is 0.153. The Labute approximate surface area is 347 Å². The van der Waals surface area contributed by atoms with Crippen molar-refractivity contribution in [2.24, 2.45) is 44.8 Å². The number of carbonyl (C=O) groups is 2. The van der Waals surface area contributed by atoms with E-state index in [2.05, 4.69) is 34.6 Å². The van der Waals surface area contributed by atoms with E-state index in [0.29, 0.717) is 25.7 Å². The summed E-state index contributed by atoms with van der Waals surface area (Å²) < 4.78 is 43.5. The molecule has 3 heterocycles. The van der Waals surface area contributed by atoms with Crippen LogP contribution in [0.4, 0.5) is 0 Å². The number of hydrogen-bond donors (Lipinski definition) is 6. The van der Waals surface area contributed by atoms with Crippen LogP contribution < -0.4 is 0 Å². The van der Waals surface area contributed by atoms with E-state index < -0.39 is 96.1 Å². The van der Waals surface area contributed by atoms with Crippen LogP contribution in [0.25, 0.3) is 0 Å². The van der Waals surface area contributed by atoms with E-state index in [-0.39, 0.29) is 58.7 Å². The van der Waals surface area contributed by atoms with Crippen LogP contribution in [0.1, 0.15) is 120 Å². The summed E-state index contributed by atoms with van der Waals surface area (Å²) in [6.45, 7) is 16.7. The number of fused-ring (bicyclic) bond motifs is 2. The largest absolute Gasteiger partial charge is 0.455 e. The highest BCUT2D eigenvalue weighted by Gasteiger charge is 2.85. The van der Waals surface area contributed by atoms with Gasteiger partial charge in [-0.2, -0.15) is 0 Å². The second-order valence-corrected chi connectivity index (χ2v) is 21.8. The van der Waals surface area contributed by atoms with E-state index in [1.807, 2.05) is 0 Å². The van der Waals surface area contributed by atoms with Crippen molar-refractivity contribution in [3.8, 4) is 0 Å². The molecule has 5 saturated carbocycles. The van der Waals surface area contributed by atoms with Gasteiger partial charge in [-0.3, -0.25) is 9.59 Å². The highest BCUT2D eigenvalue weighted by Crippen LogP contribution is 2.89. The fourth-order valence-electron chi connectivity index (χ4n) is 15.2. The summed E-state index contributed by atoms with van der Waals surface area (Å²) in [6.07, 6.45) is -5.24. The van der Waals surface area contributed by atoms with Crippen LogP contribution in [0, 0.1) is 44.8 Å². The van der Waals surface area contributed by atoms with E-state index in [9.17, 15) is 40.2 Å². The molecule has 5 aliphatic carbocycles. The maximum Gasteiger partial charge on any atom is 0.303 e. The van der Waals surface area contributed by atoms with Gasteiger partial charge >= 0.3 is 11.9 Å². The van der Waals surface area contributed by atoms with Gasteiger partial charge in [-0.15, -0.1) is 0 Å².